The summed E-state index contributed by atoms with van der Waals surface area (Å²) < 4.78 is 5.17. The summed E-state index contributed by atoms with van der Waals surface area (Å²) in [5.74, 6) is 0. The van der Waals surface area contributed by atoms with Crippen LogP contribution in [0.15, 0.2) is 30.6 Å². The van der Waals surface area contributed by atoms with E-state index in [1.54, 1.807) is 31.6 Å². The molecule has 6 heteroatoms. The summed E-state index contributed by atoms with van der Waals surface area (Å²) in [6, 6.07) is 4.87. The van der Waals surface area contributed by atoms with Crippen molar-refractivity contribution in [2.24, 2.45) is 0 Å². The van der Waals surface area contributed by atoms with Crippen LogP contribution in [0.5, 0.6) is 0 Å². The second kappa shape index (κ2) is 5.42. The fourth-order valence-corrected chi connectivity index (χ4v) is 2.20. The van der Waals surface area contributed by atoms with Gasteiger partial charge in [0.2, 0.25) is 0 Å². The molecular formula is C14H17N3O3. The van der Waals surface area contributed by atoms with E-state index >= 15 is 0 Å². The molecule has 0 spiro atoms. The van der Waals surface area contributed by atoms with Crippen LogP contribution in [0.4, 0.5) is 11.4 Å². The molecule has 0 bridgehead atoms. The molecule has 1 aromatic carbocycles. The van der Waals surface area contributed by atoms with Crippen molar-refractivity contribution in [1.29, 1.82) is 0 Å². The minimum atomic E-state index is -0.383. The van der Waals surface area contributed by atoms with Gasteiger partial charge in [-0.25, -0.2) is 0 Å². The molecule has 2 aromatic rings. The topological polar surface area (TPSA) is 77.3 Å². The van der Waals surface area contributed by atoms with Gasteiger partial charge < -0.3 is 10.1 Å². The van der Waals surface area contributed by atoms with E-state index in [0.717, 1.165) is 11.1 Å². The average Bonchev–Trinajstić information content (AvgIpc) is 2.38. The fourth-order valence-electron chi connectivity index (χ4n) is 2.20. The Morgan fingerprint density at radius 3 is 2.75 bits per heavy atom. The zero-order chi connectivity index (χ0) is 14.8. The number of non-ortho nitro benzene ring substituents is 1. The normalized spacial score (nSPS) is 11.6. The molecule has 0 atom stereocenters. The molecule has 20 heavy (non-hydrogen) atoms. The van der Waals surface area contributed by atoms with E-state index in [-0.39, 0.29) is 16.1 Å². The molecule has 2 rings (SSSR count). The van der Waals surface area contributed by atoms with E-state index in [2.05, 4.69) is 10.3 Å². The molecule has 0 unspecified atom stereocenters. The Balaban J connectivity index is 2.51. The van der Waals surface area contributed by atoms with Crippen LogP contribution in [0.25, 0.3) is 10.8 Å². The SMILES string of the molecule is COCC(C)(C)Nc1ccc([N+](=O)[O-])c2ccncc12. The van der Waals surface area contributed by atoms with Crippen molar-refractivity contribution < 1.29 is 9.66 Å². The molecule has 1 aromatic heterocycles. The Hall–Kier alpha value is -2.21. The lowest BCUT2D eigenvalue weighted by atomic mass is 10.0. The Labute approximate surface area is 116 Å². The Kier molecular flexibility index (Phi) is 3.85. The number of pyridine rings is 1. The highest BCUT2D eigenvalue weighted by Gasteiger charge is 2.20. The summed E-state index contributed by atoms with van der Waals surface area (Å²) >= 11 is 0. The van der Waals surface area contributed by atoms with Crippen molar-refractivity contribution in [2.45, 2.75) is 19.4 Å². The van der Waals surface area contributed by atoms with E-state index < -0.39 is 0 Å². The number of rotatable bonds is 5. The second-order valence-corrected chi connectivity index (χ2v) is 5.25. The van der Waals surface area contributed by atoms with Crippen LogP contribution in [0.2, 0.25) is 0 Å². The molecule has 0 saturated carbocycles. The lowest BCUT2D eigenvalue weighted by molar-refractivity contribution is -0.383. The first kappa shape index (κ1) is 14.2. The van der Waals surface area contributed by atoms with Crippen molar-refractivity contribution in [3.8, 4) is 0 Å². The number of hydrogen-bond acceptors (Lipinski definition) is 5. The van der Waals surface area contributed by atoms with Gasteiger partial charge in [0.05, 0.1) is 22.5 Å². The van der Waals surface area contributed by atoms with Crippen molar-refractivity contribution in [1.82, 2.24) is 4.98 Å². The molecule has 6 nitrogen and oxygen atoms in total. The summed E-state index contributed by atoms with van der Waals surface area (Å²) in [6.45, 7) is 4.52. The van der Waals surface area contributed by atoms with Gasteiger partial charge in [0.1, 0.15) is 0 Å². The molecule has 0 aliphatic heterocycles. The van der Waals surface area contributed by atoms with Gasteiger partial charge >= 0.3 is 0 Å². The monoisotopic (exact) mass is 275 g/mol. The van der Waals surface area contributed by atoms with Crippen LogP contribution in [-0.2, 0) is 4.74 Å². The number of ether oxygens (including phenoxy) is 1. The van der Waals surface area contributed by atoms with E-state index in [1.807, 2.05) is 13.8 Å². The van der Waals surface area contributed by atoms with Gasteiger partial charge in [-0.05, 0) is 26.0 Å². The molecule has 0 aliphatic carbocycles. The summed E-state index contributed by atoms with van der Waals surface area (Å²) in [6.07, 6.45) is 3.19. The van der Waals surface area contributed by atoms with Crippen LogP contribution in [0, 0.1) is 10.1 Å². The predicted octanol–water partition coefficient (Wildman–Crippen LogP) is 2.98. The number of nitro benzene ring substituents is 1. The summed E-state index contributed by atoms with van der Waals surface area (Å²) in [5.41, 5.74) is 0.603. The third-order valence-electron chi connectivity index (χ3n) is 2.97. The molecule has 0 amide bonds. The first-order chi connectivity index (χ1) is 9.44. The number of nitro groups is 1. The van der Waals surface area contributed by atoms with Gasteiger partial charge in [-0.2, -0.15) is 0 Å². The zero-order valence-electron chi connectivity index (χ0n) is 11.7. The number of benzene rings is 1. The van der Waals surface area contributed by atoms with E-state index in [9.17, 15) is 10.1 Å². The van der Waals surface area contributed by atoms with Crippen LogP contribution in [-0.4, -0.2) is 29.2 Å². The first-order valence-electron chi connectivity index (χ1n) is 6.23. The van der Waals surface area contributed by atoms with E-state index in [4.69, 9.17) is 4.74 Å². The smallest absolute Gasteiger partial charge is 0.277 e. The Morgan fingerprint density at radius 1 is 1.35 bits per heavy atom. The third kappa shape index (κ3) is 2.85. The molecular weight excluding hydrogens is 258 g/mol. The predicted molar refractivity (Wildman–Crippen MR) is 78.0 cm³/mol. The van der Waals surface area contributed by atoms with Gasteiger partial charge in [-0.15, -0.1) is 0 Å². The van der Waals surface area contributed by atoms with E-state index in [0.29, 0.717) is 12.0 Å². The van der Waals surface area contributed by atoms with Gasteiger partial charge in [0, 0.05) is 36.6 Å². The van der Waals surface area contributed by atoms with Crippen molar-refractivity contribution in [3.05, 3.63) is 40.7 Å². The van der Waals surface area contributed by atoms with Crippen molar-refractivity contribution in [2.75, 3.05) is 19.0 Å². The quantitative estimate of drug-likeness (QED) is 0.670. The molecule has 0 aliphatic rings. The molecule has 0 fully saturated rings. The maximum atomic E-state index is 11.1. The van der Waals surface area contributed by atoms with Gasteiger partial charge in [-0.1, -0.05) is 0 Å². The summed E-state index contributed by atoms with van der Waals surface area (Å²) in [7, 11) is 1.64. The number of methoxy groups -OCH3 is 1. The summed E-state index contributed by atoms with van der Waals surface area (Å²) in [4.78, 5) is 14.7. The lowest BCUT2D eigenvalue weighted by Crippen LogP contribution is -2.35. The van der Waals surface area contributed by atoms with Crippen molar-refractivity contribution in [3.63, 3.8) is 0 Å². The molecule has 0 saturated heterocycles. The van der Waals surface area contributed by atoms with Crippen LogP contribution < -0.4 is 5.32 Å². The first-order valence-corrected chi connectivity index (χ1v) is 6.23. The van der Waals surface area contributed by atoms with E-state index in [1.165, 1.54) is 6.07 Å². The van der Waals surface area contributed by atoms with Crippen LogP contribution in [0.3, 0.4) is 0 Å². The fraction of sp³-hybridized carbons (Fsp3) is 0.357. The number of hydrogen-bond donors (Lipinski definition) is 1. The maximum absolute atomic E-state index is 11.1. The average molecular weight is 275 g/mol. The Bertz CT molecular complexity index is 641. The highest BCUT2D eigenvalue weighted by Crippen LogP contribution is 2.32. The van der Waals surface area contributed by atoms with Gasteiger partial charge in [0.25, 0.3) is 5.69 Å². The minimum absolute atomic E-state index is 0.0810. The van der Waals surface area contributed by atoms with Gasteiger partial charge in [-0.3, -0.25) is 15.1 Å². The summed E-state index contributed by atoms with van der Waals surface area (Å²) in [5, 5.41) is 15.7. The second-order valence-electron chi connectivity index (χ2n) is 5.25. The molecule has 106 valence electrons. The number of nitrogens with zero attached hydrogens (tertiary/aromatic N) is 2. The third-order valence-corrected chi connectivity index (χ3v) is 2.97. The zero-order valence-corrected chi connectivity index (χ0v) is 11.7. The highest BCUT2D eigenvalue weighted by atomic mass is 16.6. The molecule has 1 N–H and O–H groups in total. The Morgan fingerprint density at radius 2 is 2.10 bits per heavy atom. The molecule has 0 radical (unpaired) electrons. The largest absolute Gasteiger partial charge is 0.382 e. The lowest BCUT2D eigenvalue weighted by Gasteiger charge is -2.27. The molecule has 1 heterocycles. The number of anilines is 1. The minimum Gasteiger partial charge on any atom is -0.382 e. The standard InChI is InChI=1S/C14H17N3O3/c1-14(2,9-20-3)16-12-4-5-13(17(18)19)10-6-7-15-8-11(10)12/h4-8,16H,9H2,1-3H3. The van der Waals surface area contributed by atoms with Crippen LogP contribution >= 0.6 is 0 Å². The number of aromatic nitrogens is 1. The highest BCUT2D eigenvalue weighted by molar-refractivity contribution is 5.99. The maximum Gasteiger partial charge on any atom is 0.277 e. The van der Waals surface area contributed by atoms with Crippen molar-refractivity contribution >= 4 is 22.1 Å². The number of nitrogens with one attached hydrogen (secondary N) is 1. The number of fused-ring (bicyclic) bond motifs is 1. The van der Waals surface area contributed by atoms with Crippen LogP contribution in [0.1, 0.15) is 13.8 Å². The van der Waals surface area contributed by atoms with Gasteiger partial charge in [0.15, 0.2) is 0 Å².